The number of rotatable bonds is 9. The molecule has 3 aromatic carbocycles. The summed E-state index contributed by atoms with van der Waals surface area (Å²) in [6, 6.07) is 22.3. The van der Waals surface area contributed by atoms with Crippen molar-refractivity contribution in [1.29, 1.82) is 0 Å². The smallest absolute Gasteiger partial charge is 0.243 e. The normalized spacial score (nSPS) is 14.7. The summed E-state index contributed by atoms with van der Waals surface area (Å²) in [5, 5.41) is 4.22. The Kier molecular flexibility index (Phi) is 10.1. The topological polar surface area (TPSA) is 49.4 Å². The number of carbonyl (C=O) groups is 2. The Bertz CT molecular complexity index is 1200. The molecular weight excluding hydrogens is 571 g/mol. The van der Waals surface area contributed by atoms with E-state index < -0.39 is 6.04 Å². The summed E-state index contributed by atoms with van der Waals surface area (Å²) < 4.78 is 0.956. The highest BCUT2D eigenvalue weighted by atomic mass is 79.9. The molecule has 1 fully saturated rings. The molecule has 0 aliphatic heterocycles. The summed E-state index contributed by atoms with van der Waals surface area (Å²) in [5.74, 6) is -0.268. The van der Waals surface area contributed by atoms with Gasteiger partial charge in [0.25, 0.3) is 0 Å². The molecular formula is C30H31BrCl2N2O2. The maximum atomic E-state index is 13.9. The molecule has 194 valence electrons. The van der Waals surface area contributed by atoms with E-state index in [1.807, 2.05) is 54.6 Å². The van der Waals surface area contributed by atoms with Crippen molar-refractivity contribution in [2.75, 3.05) is 0 Å². The van der Waals surface area contributed by atoms with Gasteiger partial charge in [0.15, 0.2) is 0 Å². The van der Waals surface area contributed by atoms with Crippen molar-refractivity contribution in [3.8, 4) is 0 Å². The van der Waals surface area contributed by atoms with Crippen LogP contribution >= 0.6 is 39.1 Å². The zero-order valence-corrected chi connectivity index (χ0v) is 23.7. The van der Waals surface area contributed by atoms with Crippen LogP contribution < -0.4 is 5.32 Å². The summed E-state index contributed by atoms with van der Waals surface area (Å²) in [7, 11) is 0. The zero-order chi connectivity index (χ0) is 26.2. The molecule has 3 aromatic rings. The molecule has 0 saturated heterocycles. The summed E-state index contributed by atoms with van der Waals surface area (Å²) in [6.07, 6.45) is 5.89. The third-order valence-electron chi connectivity index (χ3n) is 6.85. The van der Waals surface area contributed by atoms with Crippen molar-refractivity contribution in [2.45, 2.75) is 63.6 Å². The van der Waals surface area contributed by atoms with E-state index in [0.717, 1.165) is 41.3 Å². The van der Waals surface area contributed by atoms with Crippen molar-refractivity contribution in [2.24, 2.45) is 0 Å². The lowest BCUT2D eigenvalue weighted by Gasteiger charge is -2.33. The lowest BCUT2D eigenvalue weighted by molar-refractivity contribution is -0.141. The quantitative estimate of drug-likeness (QED) is 0.278. The number of hydrogen-bond acceptors (Lipinski definition) is 2. The van der Waals surface area contributed by atoms with E-state index in [9.17, 15) is 9.59 Å². The van der Waals surface area contributed by atoms with Gasteiger partial charge in [0.2, 0.25) is 11.8 Å². The highest BCUT2D eigenvalue weighted by Crippen LogP contribution is 2.24. The van der Waals surface area contributed by atoms with Crippen molar-refractivity contribution in [1.82, 2.24) is 10.2 Å². The number of hydrogen-bond donors (Lipinski definition) is 1. The molecule has 37 heavy (non-hydrogen) atoms. The molecule has 0 unspecified atom stereocenters. The van der Waals surface area contributed by atoms with Gasteiger partial charge in [-0.3, -0.25) is 9.59 Å². The minimum Gasteiger partial charge on any atom is -0.352 e. The third-order valence-corrected chi connectivity index (χ3v) is 7.96. The van der Waals surface area contributed by atoms with Crippen LogP contribution in [0.15, 0.2) is 77.3 Å². The number of nitrogens with one attached hydrogen (secondary N) is 1. The van der Waals surface area contributed by atoms with Gasteiger partial charge in [-0.1, -0.05) is 107 Å². The second kappa shape index (κ2) is 13.5. The van der Waals surface area contributed by atoms with Gasteiger partial charge in [0.1, 0.15) is 6.04 Å². The van der Waals surface area contributed by atoms with E-state index >= 15 is 0 Å². The van der Waals surface area contributed by atoms with Crippen LogP contribution in [0.2, 0.25) is 10.0 Å². The van der Waals surface area contributed by atoms with Gasteiger partial charge >= 0.3 is 0 Å². The first-order valence-corrected chi connectivity index (χ1v) is 14.3. The average Bonchev–Trinajstić information content (AvgIpc) is 2.90. The second-order valence-corrected chi connectivity index (χ2v) is 11.4. The molecule has 0 spiro atoms. The molecule has 0 bridgehead atoms. The van der Waals surface area contributed by atoms with Crippen molar-refractivity contribution in [3.05, 3.63) is 104 Å². The lowest BCUT2D eigenvalue weighted by atomic mass is 9.94. The SMILES string of the molecule is O=C(NC1CCCCC1)[C@@H](Cc1ccccc1)N(Cc1ccc(Br)cc1)C(=O)Cc1ccc(Cl)cc1Cl. The molecule has 1 atom stereocenters. The van der Waals surface area contributed by atoms with Crippen LogP contribution in [-0.4, -0.2) is 28.8 Å². The summed E-state index contributed by atoms with van der Waals surface area (Å²) in [6.45, 7) is 0.312. The zero-order valence-electron chi connectivity index (χ0n) is 20.6. The van der Waals surface area contributed by atoms with Crippen LogP contribution in [0.3, 0.4) is 0 Å². The highest BCUT2D eigenvalue weighted by Gasteiger charge is 2.32. The van der Waals surface area contributed by atoms with Crippen LogP contribution in [-0.2, 0) is 29.0 Å². The predicted molar refractivity (Wildman–Crippen MR) is 154 cm³/mol. The van der Waals surface area contributed by atoms with E-state index in [4.69, 9.17) is 23.2 Å². The van der Waals surface area contributed by atoms with E-state index in [2.05, 4.69) is 21.2 Å². The maximum absolute atomic E-state index is 13.9. The molecule has 1 saturated carbocycles. The molecule has 0 radical (unpaired) electrons. The number of nitrogens with zero attached hydrogens (tertiary/aromatic N) is 1. The van der Waals surface area contributed by atoms with E-state index in [1.165, 1.54) is 6.42 Å². The summed E-state index contributed by atoms with van der Waals surface area (Å²) >= 11 is 16.0. The van der Waals surface area contributed by atoms with Gasteiger partial charge in [-0.25, -0.2) is 0 Å². The molecule has 2 amide bonds. The molecule has 0 heterocycles. The van der Waals surface area contributed by atoms with Crippen molar-refractivity contribution in [3.63, 3.8) is 0 Å². The molecule has 0 aromatic heterocycles. The molecule has 7 heteroatoms. The number of carbonyl (C=O) groups excluding carboxylic acids is 2. The largest absolute Gasteiger partial charge is 0.352 e. The van der Waals surface area contributed by atoms with Crippen LogP contribution in [0.5, 0.6) is 0 Å². The summed E-state index contributed by atoms with van der Waals surface area (Å²) in [4.78, 5) is 29.4. The van der Waals surface area contributed by atoms with Crippen molar-refractivity contribution >= 4 is 50.9 Å². The Morgan fingerprint density at radius 1 is 0.919 bits per heavy atom. The number of amides is 2. The van der Waals surface area contributed by atoms with Crippen LogP contribution in [0.1, 0.15) is 48.8 Å². The molecule has 1 aliphatic carbocycles. The fourth-order valence-corrected chi connectivity index (χ4v) is 5.55. The Labute approximate surface area is 237 Å². The fourth-order valence-electron chi connectivity index (χ4n) is 4.81. The van der Waals surface area contributed by atoms with Crippen LogP contribution in [0.25, 0.3) is 0 Å². The third kappa shape index (κ3) is 8.07. The van der Waals surface area contributed by atoms with Gasteiger partial charge < -0.3 is 10.2 Å². The molecule has 4 rings (SSSR count). The Hall–Kier alpha value is -2.34. The molecule has 1 aliphatic rings. The Balaban J connectivity index is 1.66. The van der Waals surface area contributed by atoms with Gasteiger partial charge in [0, 0.05) is 33.5 Å². The predicted octanol–water partition coefficient (Wildman–Crippen LogP) is 7.39. The minimum atomic E-state index is -0.661. The van der Waals surface area contributed by atoms with E-state index in [-0.39, 0.29) is 24.3 Å². The van der Waals surface area contributed by atoms with Gasteiger partial charge in [-0.2, -0.15) is 0 Å². The second-order valence-electron chi connectivity index (χ2n) is 9.61. The minimum absolute atomic E-state index is 0.0779. The average molecular weight is 602 g/mol. The summed E-state index contributed by atoms with van der Waals surface area (Å²) in [5.41, 5.74) is 2.63. The van der Waals surface area contributed by atoms with Crippen LogP contribution in [0.4, 0.5) is 0 Å². The number of benzene rings is 3. The van der Waals surface area contributed by atoms with Gasteiger partial charge in [-0.05, 0) is 53.8 Å². The fraction of sp³-hybridized carbons (Fsp3) is 0.333. The molecule has 1 N–H and O–H groups in total. The van der Waals surface area contributed by atoms with E-state index in [0.29, 0.717) is 28.6 Å². The Morgan fingerprint density at radius 3 is 2.30 bits per heavy atom. The highest BCUT2D eigenvalue weighted by molar-refractivity contribution is 9.10. The first-order valence-electron chi connectivity index (χ1n) is 12.7. The van der Waals surface area contributed by atoms with Crippen LogP contribution in [0, 0.1) is 0 Å². The lowest BCUT2D eigenvalue weighted by Crippen LogP contribution is -2.53. The first-order chi connectivity index (χ1) is 17.9. The Morgan fingerprint density at radius 2 is 1.62 bits per heavy atom. The van der Waals surface area contributed by atoms with Crippen molar-refractivity contribution < 1.29 is 9.59 Å². The van der Waals surface area contributed by atoms with Gasteiger partial charge in [-0.15, -0.1) is 0 Å². The number of halogens is 3. The van der Waals surface area contributed by atoms with Gasteiger partial charge in [0.05, 0.1) is 6.42 Å². The molecule has 4 nitrogen and oxygen atoms in total. The first kappa shape index (κ1) is 27.7. The monoisotopic (exact) mass is 600 g/mol. The maximum Gasteiger partial charge on any atom is 0.243 e. The van der Waals surface area contributed by atoms with E-state index in [1.54, 1.807) is 23.1 Å². The standard InChI is InChI=1S/C30H31BrCl2N2O2/c31-24-14-11-22(12-15-24)20-35(29(36)18-23-13-16-25(32)19-27(23)33)28(17-21-7-3-1-4-8-21)30(37)34-26-9-5-2-6-10-26/h1,3-4,7-8,11-16,19,26,28H,2,5-6,9-10,17-18,20H2,(H,34,37)/t28-/m1/s1.